The molecule has 5 heteroatoms. The Hall–Kier alpha value is -1.20. The molecule has 1 saturated heterocycles. The molecule has 3 rings (SSSR count). The topological polar surface area (TPSA) is 19.4 Å². The van der Waals surface area contributed by atoms with Gasteiger partial charge in [-0.25, -0.2) is 9.37 Å². The van der Waals surface area contributed by atoms with E-state index in [1.807, 2.05) is 6.20 Å². The maximum absolute atomic E-state index is 12.3. The lowest BCUT2D eigenvalue weighted by Gasteiger charge is -2.34. The van der Waals surface area contributed by atoms with Crippen LogP contribution in [0.15, 0.2) is 23.7 Å². The fraction of sp³-hybridized carbons (Fsp3) is 0.462. The summed E-state index contributed by atoms with van der Waals surface area (Å²) < 4.78 is 13.6. The highest BCUT2D eigenvalue weighted by Gasteiger charge is 2.17. The molecule has 3 heterocycles. The SMILES string of the molecule is FCCN1CCN(c2cc3sccc3cn2)CC1. The predicted octanol–water partition coefficient (Wildman–Crippen LogP) is 2.39. The van der Waals surface area contributed by atoms with Gasteiger partial charge in [0.15, 0.2) is 0 Å². The molecule has 96 valence electrons. The molecule has 0 spiro atoms. The molecule has 18 heavy (non-hydrogen) atoms. The Morgan fingerprint density at radius 3 is 2.89 bits per heavy atom. The molecule has 0 amide bonds. The number of halogens is 1. The van der Waals surface area contributed by atoms with Crippen LogP contribution in [0.3, 0.4) is 0 Å². The van der Waals surface area contributed by atoms with Crippen molar-refractivity contribution in [2.75, 3.05) is 44.3 Å². The fourth-order valence-corrected chi connectivity index (χ4v) is 3.13. The van der Waals surface area contributed by atoms with Crippen molar-refractivity contribution in [3.05, 3.63) is 23.7 Å². The van der Waals surface area contributed by atoms with Crippen molar-refractivity contribution >= 4 is 27.2 Å². The maximum Gasteiger partial charge on any atom is 0.130 e. The van der Waals surface area contributed by atoms with Gasteiger partial charge in [-0.2, -0.15) is 0 Å². The zero-order valence-electron chi connectivity index (χ0n) is 10.2. The molecule has 0 unspecified atom stereocenters. The van der Waals surface area contributed by atoms with E-state index < -0.39 is 0 Å². The van der Waals surface area contributed by atoms with E-state index >= 15 is 0 Å². The molecule has 2 aromatic rings. The molecule has 1 fully saturated rings. The van der Waals surface area contributed by atoms with Gasteiger partial charge in [0.25, 0.3) is 0 Å². The Morgan fingerprint density at radius 2 is 2.11 bits per heavy atom. The third-order valence-corrected chi connectivity index (χ3v) is 4.30. The minimum Gasteiger partial charge on any atom is -0.354 e. The number of hydrogen-bond donors (Lipinski definition) is 0. The number of rotatable bonds is 3. The van der Waals surface area contributed by atoms with E-state index in [0.717, 1.165) is 32.0 Å². The van der Waals surface area contributed by atoms with Crippen LogP contribution in [0.2, 0.25) is 0 Å². The highest BCUT2D eigenvalue weighted by atomic mass is 32.1. The van der Waals surface area contributed by atoms with Gasteiger partial charge in [0.2, 0.25) is 0 Å². The summed E-state index contributed by atoms with van der Waals surface area (Å²) >= 11 is 1.75. The zero-order valence-corrected chi connectivity index (χ0v) is 11.0. The molecule has 0 aliphatic carbocycles. The maximum atomic E-state index is 12.3. The number of aromatic nitrogens is 1. The number of fused-ring (bicyclic) bond motifs is 1. The Balaban J connectivity index is 1.71. The van der Waals surface area contributed by atoms with E-state index in [9.17, 15) is 4.39 Å². The number of hydrogen-bond acceptors (Lipinski definition) is 4. The van der Waals surface area contributed by atoms with Gasteiger partial charge in [-0.15, -0.1) is 11.3 Å². The number of nitrogens with zero attached hydrogens (tertiary/aromatic N) is 3. The largest absolute Gasteiger partial charge is 0.354 e. The minimum absolute atomic E-state index is 0.251. The number of anilines is 1. The minimum atomic E-state index is -0.251. The Bertz CT molecular complexity index is 520. The third kappa shape index (κ3) is 2.33. The highest BCUT2D eigenvalue weighted by Crippen LogP contribution is 2.24. The summed E-state index contributed by atoms with van der Waals surface area (Å²) in [7, 11) is 0. The van der Waals surface area contributed by atoms with Crippen LogP contribution in [0.4, 0.5) is 10.2 Å². The molecule has 0 N–H and O–H groups in total. The molecule has 0 aromatic carbocycles. The third-order valence-electron chi connectivity index (χ3n) is 3.42. The van der Waals surface area contributed by atoms with Gasteiger partial charge in [-0.3, -0.25) is 4.90 Å². The molecule has 0 bridgehead atoms. The molecule has 0 atom stereocenters. The molecular weight excluding hydrogens is 249 g/mol. The molecule has 1 aliphatic rings. The van der Waals surface area contributed by atoms with Gasteiger partial charge in [0.05, 0.1) is 0 Å². The second kappa shape index (κ2) is 5.20. The zero-order chi connectivity index (χ0) is 12.4. The molecule has 1 aliphatic heterocycles. The van der Waals surface area contributed by atoms with Crippen LogP contribution in [0.25, 0.3) is 10.1 Å². The number of pyridine rings is 1. The highest BCUT2D eigenvalue weighted by molar-refractivity contribution is 7.17. The summed E-state index contributed by atoms with van der Waals surface area (Å²) in [6.07, 6.45) is 1.94. The Labute approximate surface area is 110 Å². The van der Waals surface area contributed by atoms with E-state index in [1.54, 1.807) is 11.3 Å². The van der Waals surface area contributed by atoms with Gasteiger partial charge in [0.1, 0.15) is 12.5 Å². The summed E-state index contributed by atoms with van der Waals surface area (Å²) in [5.74, 6) is 1.05. The van der Waals surface area contributed by atoms with Gasteiger partial charge in [-0.05, 0) is 17.5 Å². The van der Waals surface area contributed by atoms with Gasteiger partial charge >= 0.3 is 0 Å². The average molecular weight is 265 g/mol. The van der Waals surface area contributed by atoms with Gasteiger partial charge in [-0.1, -0.05) is 0 Å². The van der Waals surface area contributed by atoms with Gasteiger partial charge < -0.3 is 4.90 Å². The average Bonchev–Trinajstić information content (AvgIpc) is 2.87. The van der Waals surface area contributed by atoms with E-state index in [2.05, 4.69) is 32.3 Å². The molecule has 0 saturated carbocycles. The molecule has 2 aromatic heterocycles. The van der Waals surface area contributed by atoms with Crippen molar-refractivity contribution in [2.45, 2.75) is 0 Å². The Kier molecular flexibility index (Phi) is 3.43. The molecule has 0 radical (unpaired) electrons. The van der Waals surface area contributed by atoms with Crippen LogP contribution in [-0.4, -0.2) is 49.3 Å². The van der Waals surface area contributed by atoms with E-state index in [-0.39, 0.29) is 6.67 Å². The first-order valence-corrected chi connectivity index (χ1v) is 7.11. The lowest BCUT2D eigenvalue weighted by Crippen LogP contribution is -2.47. The summed E-state index contributed by atoms with van der Waals surface area (Å²) in [4.78, 5) is 8.97. The van der Waals surface area contributed by atoms with Crippen LogP contribution in [0, 0.1) is 0 Å². The summed E-state index contributed by atoms with van der Waals surface area (Å²) in [6.45, 7) is 4.03. The van der Waals surface area contributed by atoms with Crippen LogP contribution in [0.5, 0.6) is 0 Å². The van der Waals surface area contributed by atoms with Crippen LogP contribution >= 0.6 is 11.3 Å². The van der Waals surface area contributed by atoms with Crippen molar-refractivity contribution in [3.8, 4) is 0 Å². The summed E-state index contributed by atoms with van der Waals surface area (Å²) in [5.41, 5.74) is 0. The van der Waals surface area contributed by atoms with Crippen LogP contribution < -0.4 is 4.90 Å². The summed E-state index contributed by atoms with van der Waals surface area (Å²) in [6, 6.07) is 4.25. The first-order valence-electron chi connectivity index (χ1n) is 6.23. The van der Waals surface area contributed by atoms with Crippen LogP contribution in [-0.2, 0) is 0 Å². The van der Waals surface area contributed by atoms with Crippen molar-refractivity contribution in [3.63, 3.8) is 0 Å². The lowest BCUT2D eigenvalue weighted by molar-refractivity contribution is 0.235. The van der Waals surface area contributed by atoms with Gasteiger partial charge in [0, 0.05) is 49.0 Å². The van der Waals surface area contributed by atoms with Crippen molar-refractivity contribution in [2.24, 2.45) is 0 Å². The van der Waals surface area contributed by atoms with Crippen molar-refractivity contribution < 1.29 is 4.39 Å². The van der Waals surface area contributed by atoms with Crippen molar-refractivity contribution in [1.29, 1.82) is 0 Å². The predicted molar refractivity (Wildman–Crippen MR) is 74.2 cm³/mol. The fourth-order valence-electron chi connectivity index (χ4n) is 2.34. The first-order chi connectivity index (χ1) is 8.86. The van der Waals surface area contributed by atoms with Crippen LogP contribution in [0.1, 0.15) is 0 Å². The van der Waals surface area contributed by atoms with E-state index in [0.29, 0.717) is 6.54 Å². The summed E-state index contributed by atoms with van der Waals surface area (Å²) in [5, 5.41) is 3.30. The van der Waals surface area contributed by atoms with E-state index in [1.165, 1.54) is 10.1 Å². The monoisotopic (exact) mass is 265 g/mol. The number of thiophene rings is 1. The normalized spacial score (nSPS) is 17.5. The molecule has 3 nitrogen and oxygen atoms in total. The second-order valence-corrected chi connectivity index (χ2v) is 5.47. The standard InChI is InChI=1S/C13H16FN3S/c14-2-3-16-4-6-17(7-5-16)13-9-12-11(10-15-13)1-8-18-12/h1,8-10H,2-7H2. The van der Waals surface area contributed by atoms with E-state index in [4.69, 9.17) is 0 Å². The quantitative estimate of drug-likeness (QED) is 0.849. The molecular formula is C13H16FN3S. The number of piperazine rings is 1. The first kappa shape index (κ1) is 11.9. The number of alkyl halides is 1. The lowest BCUT2D eigenvalue weighted by atomic mass is 10.3. The van der Waals surface area contributed by atoms with Crippen molar-refractivity contribution in [1.82, 2.24) is 9.88 Å². The Morgan fingerprint density at radius 1 is 1.28 bits per heavy atom. The second-order valence-electron chi connectivity index (χ2n) is 4.52. The smallest absolute Gasteiger partial charge is 0.130 e.